The number of esters is 1. The van der Waals surface area contributed by atoms with E-state index in [1.165, 1.54) is 7.05 Å². The van der Waals surface area contributed by atoms with Crippen LogP contribution in [-0.2, 0) is 48.7 Å². The van der Waals surface area contributed by atoms with E-state index in [9.17, 15) is 33.6 Å². The van der Waals surface area contributed by atoms with Crippen LogP contribution in [0.5, 0.6) is 11.5 Å². The van der Waals surface area contributed by atoms with Gasteiger partial charge in [0.25, 0.3) is 17.7 Å². The highest BCUT2D eigenvalue weighted by Gasteiger charge is 2.40. The van der Waals surface area contributed by atoms with E-state index in [2.05, 4.69) is 30.9 Å². The Morgan fingerprint density at radius 2 is 1.02 bits per heavy atom. The third-order valence-electron chi connectivity index (χ3n) is 16.7. The molecule has 9 aromatic rings. The Bertz CT molecular complexity index is 4120. The molecule has 0 aliphatic carbocycles. The van der Waals surface area contributed by atoms with Crippen molar-refractivity contribution in [2.24, 2.45) is 5.73 Å². The van der Waals surface area contributed by atoms with E-state index in [0.717, 1.165) is 77.6 Å². The Balaban J connectivity index is 0.695. The molecule has 3 aliphatic rings. The zero-order chi connectivity index (χ0) is 60.5. The average molecular weight is 1170 g/mol. The molecular formula is C66H64N10O11. The monoisotopic (exact) mass is 1170 g/mol. The fourth-order valence-electron chi connectivity index (χ4n) is 12.3. The van der Waals surface area contributed by atoms with Crippen LogP contribution in [0.15, 0.2) is 133 Å². The van der Waals surface area contributed by atoms with E-state index in [1.807, 2.05) is 127 Å². The molecule has 0 fully saturated rings. The van der Waals surface area contributed by atoms with E-state index in [4.69, 9.17) is 24.7 Å². The van der Waals surface area contributed by atoms with Crippen LogP contribution in [0.25, 0.3) is 32.7 Å². The van der Waals surface area contributed by atoms with Gasteiger partial charge < -0.3 is 65.4 Å². The number of carbonyl (C=O) groups excluding carboxylic acids is 7. The lowest BCUT2D eigenvalue weighted by molar-refractivity contribution is -0.155. The lowest BCUT2D eigenvalue weighted by Crippen LogP contribution is -2.42. The number of urea groups is 1. The summed E-state index contributed by atoms with van der Waals surface area (Å²) in [4.78, 5) is 108. The number of hydrogen-bond donors (Lipinski definition) is 7. The summed E-state index contributed by atoms with van der Waals surface area (Å²) in [5.74, 6) is -0.969. The molecule has 0 spiro atoms. The van der Waals surface area contributed by atoms with Gasteiger partial charge in [-0.15, -0.1) is 0 Å². The fraction of sp³-hybridized carbons (Fsp3) is 0.258. The molecule has 87 heavy (non-hydrogen) atoms. The Hall–Kier alpha value is -10.4. The summed E-state index contributed by atoms with van der Waals surface area (Å²) in [6.07, 6.45) is 0.360. The van der Waals surface area contributed by atoms with Crippen molar-refractivity contribution in [1.29, 1.82) is 0 Å². The molecule has 444 valence electrons. The number of nitrogens with one attached hydrogen (secondary N) is 6. The predicted molar refractivity (Wildman–Crippen MR) is 328 cm³/mol. The first-order chi connectivity index (χ1) is 42.2. The number of aromatic amines is 3. The lowest BCUT2D eigenvalue weighted by atomic mass is 9.80. The number of methoxy groups -OCH3 is 2. The number of nitrogens with two attached hydrogens (primary N) is 1. The van der Waals surface area contributed by atoms with Crippen LogP contribution in [0.1, 0.15) is 84.1 Å². The van der Waals surface area contributed by atoms with E-state index in [-0.39, 0.29) is 62.4 Å². The molecule has 0 radical (unpaired) electrons. The largest absolute Gasteiger partial charge is 0.497 e. The van der Waals surface area contributed by atoms with Crippen LogP contribution < -0.4 is 45.9 Å². The SMILES string of the molecule is CNC(=O)CCC(=O)OC(CNC(=O)CCNC(=O)c1cc2c3c(ccc2[nH]1)N(C(=O)c1cc2c4c(ccc2[nH]1)N(C(=O)c1cc2c5c(ccc2[nH]1)N(C(N)=O)CC5)CC4)CC3)COC(c1ccccc1)(c1ccc(OC)cc1)c1ccc(OC)cc1. The molecule has 1 unspecified atom stereocenters. The van der Waals surface area contributed by atoms with Crippen LogP contribution in [0.2, 0.25) is 0 Å². The second kappa shape index (κ2) is 23.9. The third-order valence-corrected chi connectivity index (χ3v) is 16.7. The number of rotatable bonds is 20. The average Bonchev–Trinajstić information content (AvgIpc) is 2.41. The molecule has 21 heteroatoms. The maximum atomic E-state index is 14.4. The molecule has 1 atom stereocenters. The number of carbonyl (C=O) groups is 7. The number of amides is 7. The number of ether oxygens (including phenoxy) is 4. The first kappa shape index (κ1) is 57.0. The van der Waals surface area contributed by atoms with Gasteiger partial charge in [-0.1, -0.05) is 54.6 Å². The summed E-state index contributed by atoms with van der Waals surface area (Å²) in [5, 5.41) is 10.7. The summed E-state index contributed by atoms with van der Waals surface area (Å²) >= 11 is 0. The van der Waals surface area contributed by atoms with Gasteiger partial charge in [0.1, 0.15) is 40.3 Å². The molecule has 0 bridgehead atoms. The van der Waals surface area contributed by atoms with Crippen LogP contribution in [0, 0.1) is 0 Å². The standard InChI is InChI=1S/C66H64N10O11/c1-68-59(77)23-24-61(79)87-43(37-86-66(38-7-5-4-6-8-38,39-9-13-41(84-2)14-10-39)40-11-15-42(85-3)16-12-40)36-70-60(78)25-29-69-62(80)53-33-47-44-26-30-74(56(44)20-17-50(47)71-53)63(81)54-34-48-45-27-31-75(57(45)21-18-51(48)72-54)64(82)55-35-49-46-28-32-76(65(67)83)58(46)22-19-52(49)73-55/h4-22,33-35,43,71-73H,23-32,36-37H2,1-3H3,(H2,67,83)(H,68,77)(H,69,80)(H,70,78). The van der Waals surface area contributed by atoms with Crippen molar-refractivity contribution < 1.29 is 52.5 Å². The molecule has 6 heterocycles. The van der Waals surface area contributed by atoms with Crippen molar-refractivity contribution in [3.05, 3.63) is 184 Å². The van der Waals surface area contributed by atoms with Gasteiger partial charge >= 0.3 is 12.0 Å². The van der Waals surface area contributed by atoms with Crippen molar-refractivity contribution in [3.63, 3.8) is 0 Å². The van der Waals surface area contributed by atoms with Crippen molar-refractivity contribution in [2.75, 3.05) is 75.3 Å². The minimum atomic E-state index is -1.26. The fourth-order valence-corrected chi connectivity index (χ4v) is 12.3. The van der Waals surface area contributed by atoms with Gasteiger partial charge in [-0.3, -0.25) is 33.7 Å². The number of primary amides is 1. The van der Waals surface area contributed by atoms with E-state index in [1.54, 1.807) is 35.0 Å². The van der Waals surface area contributed by atoms with Gasteiger partial charge in [0.05, 0.1) is 33.8 Å². The summed E-state index contributed by atoms with van der Waals surface area (Å²) in [6.45, 7) is 1.00. The number of hydrogen-bond acceptors (Lipinski definition) is 11. The Labute approximate surface area is 499 Å². The Kier molecular flexibility index (Phi) is 15.7. The van der Waals surface area contributed by atoms with E-state index in [0.29, 0.717) is 67.3 Å². The predicted octanol–water partition coefficient (Wildman–Crippen LogP) is 7.68. The van der Waals surface area contributed by atoms with Crippen LogP contribution in [-0.4, -0.2) is 123 Å². The molecule has 3 aromatic heterocycles. The third kappa shape index (κ3) is 10.9. The molecule has 3 aliphatic heterocycles. The number of anilines is 3. The van der Waals surface area contributed by atoms with Gasteiger partial charge in [0.15, 0.2) is 0 Å². The molecule has 0 saturated heterocycles. The number of nitrogens with zero attached hydrogens (tertiary/aromatic N) is 3. The van der Waals surface area contributed by atoms with E-state index >= 15 is 0 Å². The van der Waals surface area contributed by atoms with Crippen molar-refractivity contribution >= 4 is 91.3 Å². The minimum Gasteiger partial charge on any atom is -0.497 e. The summed E-state index contributed by atoms with van der Waals surface area (Å²) in [6, 6.07) is 40.7. The van der Waals surface area contributed by atoms with Crippen LogP contribution in [0.4, 0.5) is 21.9 Å². The second-order valence-electron chi connectivity index (χ2n) is 21.7. The summed E-state index contributed by atoms with van der Waals surface area (Å²) in [5.41, 5.74) is 15.2. The van der Waals surface area contributed by atoms with Gasteiger partial charge in [-0.25, -0.2) is 4.79 Å². The van der Waals surface area contributed by atoms with Crippen LogP contribution >= 0.6 is 0 Å². The van der Waals surface area contributed by atoms with Crippen molar-refractivity contribution in [2.45, 2.75) is 50.2 Å². The molecule has 12 rings (SSSR count). The highest BCUT2D eigenvalue weighted by Crippen LogP contribution is 2.43. The van der Waals surface area contributed by atoms with Gasteiger partial charge in [0.2, 0.25) is 11.8 Å². The number of fused-ring (bicyclic) bond motifs is 9. The highest BCUT2D eigenvalue weighted by molar-refractivity contribution is 6.14. The number of benzene rings is 6. The highest BCUT2D eigenvalue weighted by atomic mass is 16.6. The molecule has 21 nitrogen and oxygen atoms in total. The Morgan fingerprint density at radius 1 is 0.552 bits per heavy atom. The molecular weight excluding hydrogens is 1110 g/mol. The normalized spacial score (nSPS) is 13.8. The number of H-pyrrole nitrogens is 3. The quantitative estimate of drug-likeness (QED) is 0.0287. The first-order valence-electron chi connectivity index (χ1n) is 28.8. The summed E-state index contributed by atoms with van der Waals surface area (Å²) in [7, 11) is 4.65. The molecule has 0 saturated carbocycles. The van der Waals surface area contributed by atoms with E-state index < -0.39 is 35.5 Å². The molecule has 7 amide bonds. The topological polar surface area (TPSA) is 276 Å². The first-order valence-corrected chi connectivity index (χ1v) is 28.8. The maximum Gasteiger partial charge on any atom is 0.319 e. The zero-order valence-corrected chi connectivity index (χ0v) is 48.2. The molecule has 8 N–H and O–H groups in total. The van der Waals surface area contributed by atoms with Gasteiger partial charge in [0, 0.05) is 95.8 Å². The second-order valence-corrected chi connectivity index (χ2v) is 21.7. The summed E-state index contributed by atoms with van der Waals surface area (Å²) < 4.78 is 23.9. The van der Waals surface area contributed by atoms with Crippen molar-refractivity contribution in [1.82, 2.24) is 30.9 Å². The van der Waals surface area contributed by atoms with Gasteiger partial charge in [-0.05, 0) is 132 Å². The zero-order valence-electron chi connectivity index (χ0n) is 48.2. The molecule has 6 aromatic carbocycles. The van der Waals surface area contributed by atoms with Crippen molar-refractivity contribution in [3.8, 4) is 11.5 Å². The smallest absolute Gasteiger partial charge is 0.319 e. The maximum absolute atomic E-state index is 14.4. The minimum absolute atomic E-state index is 0.0208. The lowest BCUT2D eigenvalue weighted by Gasteiger charge is -2.37. The Morgan fingerprint density at radius 3 is 1.52 bits per heavy atom. The van der Waals surface area contributed by atoms with Crippen LogP contribution in [0.3, 0.4) is 0 Å². The number of aromatic nitrogens is 3. The van der Waals surface area contributed by atoms with Gasteiger partial charge in [-0.2, -0.15) is 0 Å².